The Morgan fingerprint density at radius 1 is 1.05 bits per heavy atom. The number of halogens is 3. The maximum atomic E-state index is 13.7. The number of allylic oxidation sites excluding steroid dienone is 2. The molecule has 0 fully saturated rings. The largest absolute Gasteiger partial charge is 0.507 e. The molecular formula is C30H22F3N3O6. The number of hydrogen-bond acceptors (Lipinski definition) is 7. The number of alkyl halides is 3. The number of aromatic hydroxyl groups is 1. The molecule has 214 valence electrons. The van der Waals surface area contributed by atoms with Crippen LogP contribution < -0.4 is 10.3 Å². The Morgan fingerprint density at radius 2 is 1.81 bits per heavy atom. The quantitative estimate of drug-likeness (QED) is 0.277. The fourth-order valence-electron chi connectivity index (χ4n) is 4.78. The van der Waals surface area contributed by atoms with Gasteiger partial charge in [0.1, 0.15) is 5.75 Å². The maximum absolute atomic E-state index is 13.7. The second kappa shape index (κ2) is 10.5. The van der Waals surface area contributed by atoms with Gasteiger partial charge in [0.2, 0.25) is 0 Å². The molecule has 1 atom stereocenters. The van der Waals surface area contributed by atoms with Crippen LogP contribution in [0, 0.1) is 0 Å². The second-order valence-corrected chi connectivity index (χ2v) is 9.51. The summed E-state index contributed by atoms with van der Waals surface area (Å²) in [6.45, 7) is 0. The van der Waals surface area contributed by atoms with E-state index in [1.807, 2.05) is 0 Å². The number of rotatable bonds is 6. The molecule has 0 bridgehead atoms. The van der Waals surface area contributed by atoms with E-state index in [1.165, 1.54) is 42.5 Å². The number of carboxylic acid groups (broad SMARTS) is 1. The van der Waals surface area contributed by atoms with Gasteiger partial charge in [-0.25, -0.2) is 9.59 Å². The van der Waals surface area contributed by atoms with Gasteiger partial charge in [0.05, 0.1) is 29.6 Å². The van der Waals surface area contributed by atoms with Crippen LogP contribution in [0.5, 0.6) is 5.75 Å². The van der Waals surface area contributed by atoms with Gasteiger partial charge in [0.15, 0.2) is 11.3 Å². The summed E-state index contributed by atoms with van der Waals surface area (Å²) in [6, 6.07) is 14.6. The SMILES string of the molecule is COC(=O)c1cccc(N2C(=O)C(=NNC3(C(=O)O)C=CC=C(c4ccccc4O)C3)c3ccc(C(F)(F)F)cc32)c1. The number of aliphatic carboxylic acids is 1. The predicted molar refractivity (Wildman–Crippen MR) is 146 cm³/mol. The summed E-state index contributed by atoms with van der Waals surface area (Å²) in [5, 5.41) is 24.6. The monoisotopic (exact) mass is 577 g/mol. The van der Waals surface area contributed by atoms with Crippen LogP contribution in [0.4, 0.5) is 24.5 Å². The normalized spacial score (nSPS) is 19.0. The molecule has 1 aliphatic carbocycles. The molecule has 9 nitrogen and oxygen atoms in total. The minimum atomic E-state index is -4.72. The van der Waals surface area contributed by atoms with Gasteiger partial charge in [-0.2, -0.15) is 18.3 Å². The molecule has 5 rings (SSSR count). The van der Waals surface area contributed by atoms with E-state index >= 15 is 0 Å². The highest BCUT2D eigenvalue weighted by Crippen LogP contribution is 2.41. The number of fused-ring (bicyclic) bond motifs is 1. The van der Waals surface area contributed by atoms with Crippen molar-refractivity contribution in [3.63, 3.8) is 0 Å². The standard InChI is InChI=1S/C30H22F3N3O6/c1-42-27(39)17-6-4-8-20(14-17)36-23-15-19(30(31,32)33)11-12-22(23)25(26(36)38)34-35-29(28(40)41)13-5-7-18(16-29)21-9-2-3-10-24(21)37/h2-15,35,37H,16H2,1H3,(H,40,41). The van der Waals surface area contributed by atoms with Crippen molar-refractivity contribution in [2.75, 3.05) is 12.0 Å². The second-order valence-electron chi connectivity index (χ2n) is 9.51. The third kappa shape index (κ3) is 4.98. The summed E-state index contributed by atoms with van der Waals surface area (Å²) in [4.78, 5) is 39.3. The average molecular weight is 578 g/mol. The van der Waals surface area contributed by atoms with Crippen molar-refractivity contribution in [1.29, 1.82) is 0 Å². The number of methoxy groups -OCH3 is 1. The number of carbonyl (C=O) groups is 3. The molecular weight excluding hydrogens is 555 g/mol. The van der Waals surface area contributed by atoms with Gasteiger partial charge in [-0.05, 0) is 54.1 Å². The summed E-state index contributed by atoms with van der Waals surface area (Å²) < 4.78 is 45.6. The van der Waals surface area contributed by atoms with Crippen LogP contribution >= 0.6 is 0 Å². The molecule has 0 saturated carbocycles. The van der Waals surface area contributed by atoms with Gasteiger partial charge >= 0.3 is 18.1 Å². The van der Waals surface area contributed by atoms with E-state index in [0.29, 0.717) is 11.1 Å². The van der Waals surface area contributed by atoms with Crippen molar-refractivity contribution < 1.29 is 42.5 Å². The summed E-state index contributed by atoms with van der Waals surface area (Å²) in [5.74, 6) is -2.97. The Balaban J connectivity index is 1.57. The first-order chi connectivity index (χ1) is 19.9. The summed E-state index contributed by atoms with van der Waals surface area (Å²) in [6.07, 6.45) is -0.464. The van der Waals surface area contributed by atoms with Crippen LogP contribution in [0.15, 0.2) is 90.1 Å². The van der Waals surface area contributed by atoms with Crippen molar-refractivity contribution >= 4 is 40.5 Å². The fourth-order valence-corrected chi connectivity index (χ4v) is 4.78. The number of hydrazone groups is 1. The molecule has 0 spiro atoms. The van der Waals surface area contributed by atoms with Crippen LogP contribution in [0.1, 0.15) is 33.5 Å². The van der Waals surface area contributed by atoms with Crippen LogP contribution in [0.25, 0.3) is 5.57 Å². The number of anilines is 2. The number of phenols is 1. The van der Waals surface area contributed by atoms with Crippen molar-refractivity contribution in [2.24, 2.45) is 5.10 Å². The first-order valence-electron chi connectivity index (χ1n) is 12.4. The number of amides is 1. The lowest BCUT2D eigenvalue weighted by atomic mass is 9.84. The highest BCUT2D eigenvalue weighted by molar-refractivity contribution is 6.55. The topological polar surface area (TPSA) is 129 Å². The van der Waals surface area contributed by atoms with Crippen LogP contribution in [0.2, 0.25) is 0 Å². The average Bonchev–Trinajstić information content (AvgIpc) is 3.25. The number of carbonyl (C=O) groups excluding carboxylic acids is 2. The van der Waals surface area contributed by atoms with Gasteiger partial charge < -0.3 is 14.9 Å². The molecule has 2 aliphatic rings. The van der Waals surface area contributed by atoms with Gasteiger partial charge in [0.25, 0.3) is 5.91 Å². The van der Waals surface area contributed by atoms with E-state index < -0.39 is 35.1 Å². The molecule has 42 heavy (non-hydrogen) atoms. The summed E-state index contributed by atoms with van der Waals surface area (Å²) in [5.41, 5.74) is 0.204. The third-order valence-corrected chi connectivity index (χ3v) is 6.90. The van der Waals surface area contributed by atoms with Gasteiger partial charge in [-0.15, -0.1) is 0 Å². The summed E-state index contributed by atoms with van der Waals surface area (Å²) >= 11 is 0. The predicted octanol–water partition coefficient (Wildman–Crippen LogP) is 5.04. The lowest BCUT2D eigenvalue weighted by molar-refractivity contribution is -0.142. The molecule has 1 amide bonds. The zero-order valence-corrected chi connectivity index (χ0v) is 21.8. The molecule has 1 aliphatic heterocycles. The van der Waals surface area contributed by atoms with E-state index in [0.717, 1.165) is 30.2 Å². The number of nitrogens with zero attached hydrogens (tertiary/aromatic N) is 2. The van der Waals surface area contributed by atoms with Crippen molar-refractivity contribution in [1.82, 2.24) is 5.43 Å². The maximum Gasteiger partial charge on any atom is 0.416 e. The molecule has 3 aromatic carbocycles. The zero-order valence-electron chi connectivity index (χ0n) is 21.8. The van der Waals surface area contributed by atoms with E-state index in [4.69, 9.17) is 4.74 Å². The minimum absolute atomic E-state index is 0.0146. The Morgan fingerprint density at radius 3 is 2.50 bits per heavy atom. The zero-order chi connectivity index (χ0) is 30.2. The molecule has 0 radical (unpaired) electrons. The number of para-hydroxylation sites is 1. The molecule has 3 N–H and O–H groups in total. The Labute approximate surface area is 236 Å². The van der Waals surface area contributed by atoms with Gasteiger partial charge in [0, 0.05) is 17.5 Å². The molecule has 1 heterocycles. The molecule has 12 heteroatoms. The van der Waals surface area contributed by atoms with Crippen molar-refractivity contribution in [2.45, 2.75) is 18.1 Å². The van der Waals surface area contributed by atoms with E-state index in [1.54, 1.807) is 24.3 Å². The number of benzene rings is 3. The van der Waals surface area contributed by atoms with E-state index in [-0.39, 0.29) is 40.4 Å². The summed E-state index contributed by atoms with van der Waals surface area (Å²) in [7, 11) is 1.16. The Hall–Kier alpha value is -5.39. The lowest BCUT2D eigenvalue weighted by Gasteiger charge is -2.29. The number of nitrogens with one attached hydrogen (secondary N) is 1. The Kier molecular flexibility index (Phi) is 7.07. The number of hydrogen-bond donors (Lipinski definition) is 3. The van der Waals surface area contributed by atoms with Crippen molar-refractivity contribution in [3.05, 3.63) is 107 Å². The molecule has 0 saturated heterocycles. The lowest BCUT2D eigenvalue weighted by Crippen LogP contribution is -2.49. The Bertz CT molecular complexity index is 1710. The molecule has 1 unspecified atom stereocenters. The first-order valence-corrected chi connectivity index (χ1v) is 12.4. The van der Waals surface area contributed by atoms with Gasteiger partial charge in [-0.1, -0.05) is 36.4 Å². The molecule has 0 aromatic heterocycles. The number of carboxylic acids is 1. The number of phenolic OH excluding ortho intramolecular Hbond substituents is 1. The fraction of sp³-hybridized carbons (Fsp3) is 0.133. The number of ether oxygens (including phenoxy) is 1. The van der Waals surface area contributed by atoms with Gasteiger partial charge in [-0.3, -0.25) is 15.1 Å². The van der Waals surface area contributed by atoms with Crippen LogP contribution in [0.3, 0.4) is 0 Å². The molecule has 3 aromatic rings. The van der Waals surface area contributed by atoms with Crippen molar-refractivity contribution in [3.8, 4) is 5.75 Å². The highest BCUT2D eigenvalue weighted by atomic mass is 19.4. The minimum Gasteiger partial charge on any atom is -0.507 e. The smallest absolute Gasteiger partial charge is 0.416 e. The van der Waals surface area contributed by atoms with E-state index in [2.05, 4.69) is 10.5 Å². The van der Waals surface area contributed by atoms with E-state index in [9.17, 15) is 37.8 Å². The third-order valence-electron chi connectivity index (χ3n) is 6.90. The number of esters is 1. The first kappa shape index (κ1) is 28.1. The van der Waals surface area contributed by atoms with Crippen LogP contribution in [-0.2, 0) is 20.5 Å². The van der Waals surface area contributed by atoms with Crippen LogP contribution in [-0.4, -0.2) is 46.4 Å². The highest BCUT2D eigenvalue weighted by Gasteiger charge is 2.42.